The summed E-state index contributed by atoms with van der Waals surface area (Å²) in [4.78, 5) is 2.37. The average Bonchev–Trinajstić information content (AvgIpc) is 3.50. The molecule has 7 nitrogen and oxygen atoms in total. The quantitative estimate of drug-likeness (QED) is 0.485. The third-order valence-electron chi connectivity index (χ3n) is 6.05. The van der Waals surface area contributed by atoms with E-state index in [2.05, 4.69) is 4.90 Å². The van der Waals surface area contributed by atoms with Gasteiger partial charge in [0, 0.05) is 6.54 Å². The molecule has 1 aliphatic heterocycles. The Balaban J connectivity index is 1.64. The molecule has 2 N–H and O–H groups in total. The number of phenols is 1. The second kappa shape index (κ2) is 10.1. The summed E-state index contributed by atoms with van der Waals surface area (Å²) in [5.41, 5.74) is 2.13. The van der Waals surface area contributed by atoms with Crippen LogP contribution in [0, 0.1) is 0 Å². The van der Waals surface area contributed by atoms with Crippen LogP contribution in [0.3, 0.4) is 0 Å². The maximum Gasteiger partial charge on any atom is 0.205 e. The molecule has 0 aliphatic carbocycles. The Morgan fingerprint density at radius 3 is 2.41 bits per heavy atom. The van der Waals surface area contributed by atoms with Gasteiger partial charge in [-0.3, -0.25) is 4.90 Å². The first-order chi connectivity index (χ1) is 15.6. The Hall–Kier alpha value is -2.90. The molecule has 0 radical (unpaired) electrons. The third kappa shape index (κ3) is 4.64. The summed E-state index contributed by atoms with van der Waals surface area (Å²) in [6.45, 7) is 3.46. The molecule has 1 aliphatic rings. The highest BCUT2D eigenvalue weighted by Gasteiger charge is 2.29. The van der Waals surface area contributed by atoms with E-state index in [1.165, 1.54) is 12.8 Å². The van der Waals surface area contributed by atoms with Crippen LogP contribution in [0.4, 0.5) is 0 Å². The van der Waals surface area contributed by atoms with E-state index in [1.807, 2.05) is 12.1 Å². The second-order valence-electron chi connectivity index (χ2n) is 8.09. The van der Waals surface area contributed by atoms with Crippen LogP contribution >= 0.6 is 0 Å². The van der Waals surface area contributed by atoms with E-state index in [0.29, 0.717) is 47.8 Å². The highest BCUT2D eigenvalue weighted by atomic mass is 16.5. The van der Waals surface area contributed by atoms with Gasteiger partial charge in [-0.05, 0) is 62.5 Å². The van der Waals surface area contributed by atoms with Crippen LogP contribution < -0.4 is 14.2 Å². The van der Waals surface area contributed by atoms with Gasteiger partial charge in [0.15, 0.2) is 11.3 Å². The minimum absolute atomic E-state index is 0.222. The number of nitrogens with zero attached hydrogens (tertiary/aromatic N) is 1. The summed E-state index contributed by atoms with van der Waals surface area (Å²) in [6, 6.07) is 8.81. The number of hydrogen-bond donors (Lipinski definition) is 2. The molecule has 1 aromatic heterocycles. The van der Waals surface area contributed by atoms with Crippen LogP contribution in [0.5, 0.6) is 23.0 Å². The molecular formula is C25H31NO6. The lowest BCUT2D eigenvalue weighted by atomic mass is 9.97. The van der Waals surface area contributed by atoms with Gasteiger partial charge in [0.25, 0.3) is 0 Å². The van der Waals surface area contributed by atoms with Crippen LogP contribution in [0.1, 0.15) is 36.5 Å². The van der Waals surface area contributed by atoms with E-state index >= 15 is 0 Å². The standard InChI is InChI=1S/C25H31NO6/c1-29-22-19-11-15-31-23(19)25(30-2)24(32-16-14-26-12-3-4-13-26)21(22)20(28)10-7-17-5-8-18(27)9-6-17/h5-6,8-9,11,15,20,27-28H,3-4,7,10,12-14,16H2,1-2H3. The van der Waals surface area contributed by atoms with Crippen molar-refractivity contribution in [3.05, 3.63) is 47.7 Å². The minimum Gasteiger partial charge on any atom is -0.508 e. The number of rotatable bonds is 10. The topological polar surface area (TPSA) is 84.5 Å². The molecule has 1 saturated heterocycles. The smallest absolute Gasteiger partial charge is 0.205 e. The number of hydrogen-bond acceptors (Lipinski definition) is 7. The molecule has 0 bridgehead atoms. The van der Waals surface area contributed by atoms with Crippen molar-refractivity contribution in [3.8, 4) is 23.0 Å². The normalized spacial score (nSPS) is 15.2. The number of ether oxygens (including phenoxy) is 3. The molecule has 0 amide bonds. The number of furan rings is 1. The van der Waals surface area contributed by atoms with Gasteiger partial charge < -0.3 is 28.8 Å². The fourth-order valence-corrected chi connectivity index (χ4v) is 4.38. The van der Waals surface area contributed by atoms with Crippen molar-refractivity contribution in [2.75, 3.05) is 40.5 Å². The van der Waals surface area contributed by atoms with E-state index in [1.54, 1.807) is 38.7 Å². The van der Waals surface area contributed by atoms with Gasteiger partial charge >= 0.3 is 0 Å². The van der Waals surface area contributed by atoms with E-state index in [9.17, 15) is 10.2 Å². The number of likely N-dealkylation sites (tertiary alicyclic amines) is 1. The number of benzene rings is 2. The number of aromatic hydroxyl groups is 1. The van der Waals surface area contributed by atoms with Gasteiger partial charge in [-0.25, -0.2) is 0 Å². The van der Waals surface area contributed by atoms with Gasteiger partial charge in [0.1, 0.15) is 18.1 Å². The molecule has 0 saturated carbocycles. The third-order valence-corrected chi connectivity index (χ3v) is 6.05. The summed E-state index contributed by atoms with van der Waals surface area (Å²) in [5, 5.41) is 21.5. The average molecular weight is 442 g/mol. The van der Waals surface area contributed by atoms with Crippen LogP contribution in [0.25, 0.3) is 11.0 Å². The Bertz CT molecular complexity index is 1020. The van der Waals surface area contributed by atoms with Crippen LogP contribution in [0.15, 0.2) is 41.0 Å². The molecular weight excluding hydrogens is 410 g/mol. The number of phenolic OH excluding ortho intramolecular Hbond substituents is 1. The van der Waals surface area contributed by atoms with Crippen LogP contribution in [0.2, 0.25) is 0 Å². The molecule has 0 spiro atoms. The molecule has 2 aromatic carbocycles. The summed E-state index contributed by atoms with van der Waals surface area (Å²) in [5.74, 6) is 1.68. The highest BCUT2D eigenvalue weighted by molar-refractivity contribution is 5.93. The van der Waals surface area contributed by atoms with E-state index in [-0.39, 0.29) is 5.75 Å². The van der Waals surface area contributed by atoms with Gasteiger partial charge in [-0.1, -0.05) is 12.1 Å². The van der Waals surface area contributed by atoms with E-state index in [0.717, 1.165) is 30.6 Å². The number of methoxy groups -OCH3 is 2. The van der Waals surface area contributed by atoms with Crippen molar-refractivity contribution in [1.82, 2.24) is 4.90 Å². The monoisotopic (exact) mass is 441 g/mol. The molecule has 2 heterocycles. The molecule has 32 heavy (non-hydrogen) atoms. The van der Waals surface area contributed by atoms with Crippen molar-refractivity contribution in [2.24, 2.45) is 0 Å². The first kappa shape index (κ1) is 22.3. The zero-order valence-electron chi connectivity index (χ0n) is 18.7. The molecule has 1 fully saturated rings. The Kier molecular flexibility index (Phi) is 7.07. The van der Waals surface area contributed by atoms with Gasteiger partial charge in [0.2, 0.25) is 5.75 Å². The number of aliphatic hydroxyl groups is 1. The summed E-state index contributed by atoms with van der Waals surface area (Å²) in [7, 11) is 3.15. The minimum atomic E-state index is -0.839. The largest absolute Gasteiger partial charge is 0.508 e. The molecule has 1 unspecified atom stereocenters. The Morgan fingerprint density at radius 2 is 1.72 bits per heavy atom. The maximum atomic E-state index is 11.3. The molecule has 3 aromatic rings. The summed E-state index contributed by atoms with van der Waals surface area (Å²) in [6.07, 6.45) is 4.26. The van der Waals surface area contributed by atoms with E-state index < -0.39 is 6.10 Å². The maximum absolute atomic E-state index is 11.3. The zero-order valence-corrected chi connectivity index (χ0v) is 18.7. The second-order valence-corrected chi connectivity index (χ2v) is 8.09. The van der Waals surface area contributed by atoms with Crippen molar-refractivity contribution in [3.63, 3.8) is 0 Å². The first-order valence-electron chi connectivity index (χ1n) is 11.1. The van der Waals surface area contributed by atoms with Gasteiger partial charge in [-0.15, -0.1) is 0 Å². The number of aryl methyl sites for hydroxylation is 1. The van der Waals surface area contributed by atoms with Crippen LogP contribution in [-0.2, 0) is 6.42 Å². The predicted molar refractivity (Wildman–Crippen MR) is 122 cm³/mol. The Morgan fingerprint density at radius 1 is 1.00 bits per heavy atom. The SMILES string of the molecule is COc1c(C(O)CCc2ccc(O)cc2)c(OCCN2CCCC2)c(OC)c2occc12. The van der Waals surface area contributed by atoms with Gasteiger partial charge in [0.05, 0.1) is 37.5 Å². The molecule has 4 rings (SSSR count). The summed E-state index contributed by atoms with van der Waals surface area (Å²) >= 11 is 0. The van der Waals surface area contributed by atoms with E-state index in [4.69, 9.17) is 18.6 Å². The van der Waals surface area contributed by atoms with Crippen molar-refractivity contribution in [2.45, 2.75) is 31.8 Å². The highest BCUT2D eigenvalue weighted by Crippen LogP contribution is 2.49. The number of aliphatic hydroxyl groups excluding tert-OH is 1. The fourth-order valence-electron chi connectivity index (χ4n) is 4.38. The zero-order chi connectivity index (χ0) is 22.5. The Labute approximate surface area is 188 Å². The predicted octanol–water partition coefficient (Wildman–Crippen LogP) is 4.30. The van der Waals surface area contributed by atoms with Crippen molar-refractivity contribution in [1.29, 1.82) is 0 Å². The number of fused-ring (bicyclic) bond motifs is 1. The van der Waals surface area contributed by atoms with Crippen molar-refractivity contribution >= 4 is 11.0 Å². The van der Waals surface area contributed by atoms with Crippen molar-refractivity contribution < 1.29 is 28.8 Å². The van der Waals surface area contributed by atoms with Crippen LogP contribution in [-0.4, -0.2) is 55.6 Å². The molecule has 172 valence electrons. The van der Waals surface area contributed by atoms with Gasteiger partial charge in [-0.2, -0.15) is 0 Å². The molecule has 1 atom stereocenters. The fraction of sp³-hybridized carbons (Fsp3) is 0.440. The lowest BCUT2D eigenvalue weighted by molar-refractivity contribution is 0.154. The molecule has 7 heteroatoms. The summed E-state index contributed by atoms with van der Waals surface area (Å²) < 4.78 is 23.3. The lowest BCUT2D eigenvalue weighted by Crippen LogP contribution is -2.25. The lowest BCUT2D eigenvalue weighted by Gasteiger charge is -2.23. The first-order valence-corrected chi connectivity index (χ1v) is 11.1.